The molecule has 2 saturated heterocycles. The van der Waals surface area contributed by atoms with Crippen molar-refractivity contribution in [2.45, 2.75) is 32.4 Å². The molecule has 5 heteroatoms. The fourth-order valence-electron chi connectivity index (χ4n) is 3.39. The van der Waals surface area contributed by atoms with Gasteiger partial charge in [0.15, 0.2) is 0 Å². The zero-order valence-electron chi connectivity index (χ0n) is 12.2. The summed E-state index contributed by atoms with van der Waals surface area (Å²) in [6, 6.07) is 5.73. The smallest absolute Gasteiger partial charge is 0.237 e. The summed E-state index contributed by atoms with van der Waals surface area (Å²) < 4.78 is 5.45. The Balaban J connectivity index is 1.75. The van der Waals surface area contributed by atoms with Crippen molar-refractivity contribution in [3.63, 3.8) is 0 Å². The average Bonchev–Trinajstić information content (AvgIpc) is 2.76. The molecule has 2 heterocycles. The SMILES string of the molecule is Cc1cccc(Cl)c1CNC1C(=O)NCC12CCOCC2. The zero-order valence-corrected chi connectivity index (χ0v) is 13.0. The fraction of sp³-hybridized carbons (Fsp3) is 0.562. The standard InChI is InChI=1S/C16H21ClN2O2/c1-11-3-2-4-13(17)12(11)9-18-14-15(20)19-10-16(14)5-7-21-8-6-16/h2-4,14,18H,5-10H2,1H3,(H,19,20). The number of halogens is 1. The van der Waals surface area contributed by atoms with E-state index in [4.69, 9.17) is 16.3 Å². The third kappa shape index (κ3) is 2.80. The lowest BCUT2D eigenvalue weighted by atomic mass is 9.76. The summed E-state index contributed by atoms with van der Waals surface area (Å²) in [5, 5.41) is 7.20. The number of benzene rings is 1. The van der Waals surface area contributed by atoms with E-state index in [0.29, 0.717) is 6.54 Å². The van der Waals surface area contributed by atoms with Crippen molar-refractivity contribution in [3.05, 3.63) is 34.3 Å². The molecule has 1 amide bonds. The van der Waals surface area contributed by atoms with Gasteiger partial charge in [0.2, 0.25) is 5.91 Å². The number of ether oxygens (including phenoxy) is 1. The van der Waals surface area contributed by atoms with Gasteiger partial charge in [0, 0.05) is 36.7 Å². The molecule has 1 atom stereocenters. The minimum absolute atomic E-state index is 0.00943. The van der Waals surface area contributed by atoms with Crippen molar-refractivity contribution >= 4 is 17.5 Å². The molecule has 21 heavy (non-hydrogen) atoms. The van der Waals surface area contributed by atoms with Crippen LogP contribution in [0.25, 0.3) is 0 Å². The van der Waals surface area contributed by atoms with Gasteiger partial charge in [-0.05, 0) is 37.0 Å². The van der Waals surface area contributed by atoms with Gasteiger partial charge in [-0.15, -0.1) is 0 Å². The topological polar surface area (TPSA) is 50.4 Å². The lowest BCUT2D eigenvalue weighted by Gasteiger charge is -2.37. The third-order valence-electron chi connectivity index (χ3n) is 4.81. The van der Waals surface area contributed by atoms with Crippen LogP contribution >= 0.6 is 11.6 Å². The molecule has 1 unspecified atom stereocenters. The fourth-order valence-corrected chi connectivity index (χ4v) is 3.68. The summed E-state index contributed by atoms with van der Waals surface area (Å²) in [4.78, 5) is 12.2. The molecule has 0 aliphatic carbocycles. The number of rotatable bonds is 3. The molecule has 2 fully saturated rings. The molecule has 0 saturated carbocycles. The van der Waals surface area contributed by atoms with Gasteiger partial charge in [-0.3, -0.25) is 4.79 Å². The van der Waals surface area contributed by atoms with Crippen LogP contribution in [0.15, 0.2) is 18.2 Å². The van der Waals surface area contributed by atoms with Crippen LogP contribution in [0.5, 0.6) is 0 Å². The number of hydrogen-bond acceptors (Lipinski definition) is 3. The number of hydrogen-bond donors (Lipinski definition) is 2. The maximum atomic E-state index is 12.2. The molecule has 1 spiro atoms. The largest absolute Gasteiger partial charge is 0.381 e. The predicted molar refractivity (Wildman–Crippen MR) is 82.3 cm³/mol. The van der Waals surface area contributed by atoms with E-state index in [-0.39, 0.29) is 17.4 Å². The van der Waals surface area contributed by atoms with Crippen molar-refractivity contribution < 1.29 is 9.53 Å². The van der Waals surface area contributed by atoms with Gasteiger partial charge in [-0.25, -0.2) is 0 Å². The first-order valence-electron chi connectivity index (χ1n) is 7.45. The van der Waals surface area contributed by atoms with E-state index < -0.39 is 0 Å². The highest BCUT2D eigenvalue weighted by Crippen LogP contribution is 2.37. The van der Waals surface area contributed by atoms with Crippen LogP contribution in [0.3, 0.4) is 0 Å². The molecular formula is C16H21ClN2O2. The molecule has 1 aromatic rings. The minimum Gasteiger partial charge on any atom is -0.381 e. The van der Waals surface area contributed by atoms with Crippen LogP contribution in [0, 0.1) is 12.3 Å². The van der Waals surface area contributed by atoms with Crippen LogP contribution < -0.4 is 10.6 Å². The zero-order chi connectivity index (χ0) is 14.9. The van der Waals surface area contributed by atoms with Gasteiger partial charge >= 0.3 is 0 Å². The van der Waals surface area contributed by atoms with Crippen molar-refractivity contribution in [3.8, 4) is 0 Å². The monoisotopic (exact) mass is 308 g/mol. The van der Waals surface area contributed by atoms with E-state index in [1.807, 2.05) is 25.1 Å². The molecule has 1 aromatic carbocycles. The molecule has 3 rings (SSSR count). The first-order chi connectivity index (χ1) is 10.1. The summed E-state index contributed by atoms with van der Waals surface area (Å²) >= 11 is 6.27. The predicted octanol–water partition coefficient (Wildman–Crippen LogP) is 2.03. The Labute approximate surface area is 130 Å². The number of amides is 1. The summed E-state index contributed by atoms with van der Waals surface area (Å²) in [5.41, 5.74) is 2.21. The Kier molecular flexibility index (Phi) is 4.20. The van der Waals surface area contributed by atoms with Crippen molar-refractivity contribution in [2.24, 2.45) is 5.41 Å². The van der Waals surface area contributed by atoms with E-state index in [1.54, 1.807) is 0 Å². The van der Waals surface area contributed by atoms with Crippen LogP contribution in [-0.2, 0) is 16.1 Å². The van der Waals surface area contributed by atoms with Crippen LogP contribution in [0.1, 0.15) is 24.0 Å². The molecule has 0 bridgehead atoms. The molecule has 0 aromatic heterocycles. The van der Waals surface area contributed by atoms with Gasteiger partial charge in [-0.1, -0.05) is 23.7 Å². The first-order valence-corrected chi connectivity index (χ1v) is 7.83. The molecule has 2 aliphatic rings. The summed E-state index contributed by atoms with van der Waals surface area (Å²) in [6.45, 7) is 4.87. The van der Waals surface area contributed by atoms with Gasteiger partial charge in [0.25, 0.3) is 0 Å². The highest BCUT2D eigenvalue weighted by Gasteiger charge is 2.48. The lowest BCUT2D eigenvalue weighted by Crippen LogP contribution is -2.49. The van der Waals surface area contributed by atoms with E-state index >= 15 is 0 Å². The van der Waals surface area contributed by atoms with Crippen molar-refractivity contribution in [1.29, 1.82) is 0 Å². The summed E-state index contributed by atoms with van der Waals surface area (Å²) in [7, 11) is 0. The van der Waals surface area contributed by atoms with Crippen LogP contribution in [0.2, 0.25) is 5.02 Å². The second-order valence-electron chi connectivity index (χ2n) is 6.04. The quantitative estimate of drug-likeness (QED) is 0.898. The van der Waals surface area contributed by atoms with E-state index in [2.05, 4.69) is 10.6 Å². The number of aryl methyl sites for hydroxylation is 1. The normalized spacial score (nSPS) is 24.3. The number of carbonyl (C=O) groups is 1. The Hall–Kier alpha value is -1.10. The molecular weight excluding hydrogens is 288 g/mol. The summed E-state index contributed by atoms with van der Waals surface area (Å²) in [6.07, 6.45) is 1.84. The van der Waals surface area contributed by atoms with Crippen molar-refractivity contribution in [2.75, 3.05) is 19.8 Å². The van der Waals surface area contributed by atoms with Gasteiger partial charge in [-0.2, -0.15) is 0 Å². The Morgan fingerprint density at radius 3 is 2.90 bits per heavy atom. The highest BCUT2D eigenvalue weighted by molar-refractivity contribution is 6.31. The Bertz CT molecular complexity index is 521. The number of carbonyl (C=O) groups excluding carboxylic acids is 1. The van der Waals surface area contributed by atoms with Gasteiger partial charge < -0.3 is 15.4 Å². The van der Waals surface area contributed by atoms with E-state index in [1.165, 1.54) is 0 Å². The average molecular weight is 309 g/mol. The van der Waals surface area contributed by atoms with E-state index in [0.717, 1.165) is 48.7 Å². The Morgan fingerprint density at radius 1 is 1.43 bits per heavy atom. The van der Waals surface area contributed by atoms with Crippen LogP contribution in [0.4, 0.5) is 0 Å². The maximum absolute atomic E-state index is 12.2. The van der Waals surface area contributed by atoms with Crippen molar-refractivity contribution in [1.82, 2.24) is 10.6 Å². The molecule has 2 aliphatic heterocycles. The van der Waals surface area contributed by atoms with Gasteiger partial charge in [0.05, 0.1) is 6.04 Å². The number of nitrogens with one attached hydrogen (secondary N) is 2. The Morgan fingerprint density at radius 2 is 2.19 bits per heavy atom. The first kappa shape index (κ1) is 14.8. The molecule has 4 nitrogen and oxygen atoms in total. The molecule has 2 N–H and O–H groups in total. The second kappa shape index (κ2) is 5.95. The molecule has 114 valence electrons. The van der Waals surface area contributed by atoms with Crippen LogP contribution in [-0.4, -0.2) is 31.7 Å². The highest BCUT2D eigenvalue weighted by atomic mass is 35.5. The maximum Gasteiger partial charge on any atom is 0.237 e. The van der Waals surface area contributed by atoms with E-state index in [9.17, 15) is 4.79 Å². The third-order valence-corrected chi connectivity index (χ3v) is 5.17. The minimum atomic E-state index is -0.155. The second-order valence-corrected chi connectivity index (χ2v) is 6.45. The molecule has 0 radical (unpaired) electrons. The lowest BCUT2D eigenvalue weighted by molar-refractivity contribution is -0.122. The van der Waals surface area contributed by atoms with Gasteiger partial charge in [0.1, 0.15) is 0 Å². The summed E-state index contributed by atoms with van der Waals surface area (Å²) in [5.74, 6) is 0.0987.